The third-order valence-electron chi connectivity index (χ3n) is 12.1. The van der Waals surface area contributed by atoms with Gasteiger partial charge >= 0.3 is 6.09 Å². The van der Waals surface area contributed by atoms with Crippen LogP contribution in [0.2, 0.25) is 0 Å². The second kappa shape index (κ2) is 22.5. The molecule has 7 atom stereocenters. The van der Waals surface area contributed by atoms with Gasteiger partial charge in [-0.3, -0.25) is 19.1 Å². The van der Waals surface area contributed by atoms with Gasteiger partial charge in [0, 0.05) is 36.1 Å². The molecule has 2 saturated carbocycles. The summed E-state index contributed by atoms with van der Waals surface area (Å²) in [6, 6.07) is 5.22. The van der Waals surface area contributed by atoms with E-state index in [4.69, 9.17) is 19.2 Å². The van der Waals surface area contributed by atoms with E-state index in [1.165, 1.54) is 4.90 Å². The van der Waals surface area contributed by atoms with Crippen LogP contribution in [0.4, 0.5) is 10.6 Å². The number of carbonyl (C=O) groups is 4. The number of amides is 4. The van der Waals surface area contributed by atoms with Crippen molar-refractivity contribution in [2.24, 2.45) is 17.8 Å². The number of sulfonamides is 1. The van der Waals surface area contributed by atoms with Crippen molar-refractivity contribution in [3.8, 4) is 11.6 Å². The highest BCUT2D eigenvalue weighted by atomic mass is 32.2. The van der Waals surface area contributed by atoms with E-state index < -0.39 is 73.8 Å². The van der Waals surface area contributed by atoms with Crippen LogP contribution in [0.5, 0.6) is 11.6 Å². The van der Waals surface area contributed by atoms with Gasteiger partial charge in [-0.25, -0.2) is 13.2 Å². The van der Waals surface area contributed by atoms with Gasteiger partial charge in [-0.05, 0) is 107 Å². The Morgan fingerprint density at radius 3 is 2.27 bits per heavy atom. The maximum atomic E-state index is 14.9. The lowest BCUT2D eigenvalue weighted by Gasteiger charge is -2.33. The first kappa shape index (κ1) is 53.7. The highest BCUT2D eigenvalue weighted by Gasteiger charge is 2.63. The minimum absolute atomic E-state index is 0. The fraction of sp³-hybridized carbons (Fsp3) is 0.688. The molecule has 1 aromatic carbocycles. The number of carbonyl (C=O) groups excluding carboxylic acids is 4. The molecular weight excluding hydrogens is 837 g/mol. The summed E-state index contributed by atoms with van der Waals surface area (Å²) >= 11 is 0. The Balaban J connectivity index is 0.00000465. The molecule has 0 spiro atoms. The topological polar surface area (TPSA) is 186 Å². The number of rotatable bonds is 9. The summed E-state index contributed by atoms with van der Waals surface area (Å²) in [7, 11) is 1.28. The smallest absolute Gasteiger partial charge is 0.408 e. The Kier molecular flexibility index (Phi) is 18.9. The predicted molar refractivity (Wildman–Crippen MR) is 260 cm³/mol. The fourth-order valence-electron chi connectivity index (χ4n) is 8.32. The summed E-state index contributed by atoms with van der Waals surface area (Å²) in [4.78, 5) is 65.0. The zero-order chi connectivity index (χ0) is 48.4. The summed E-state index contributed by atoms with van der Waals surface area (Å²) in [6.07, 6.45) is 5.90. The molecule has 4 aliphatic rings. The summed E-state index contributed by atoms with van der Waals surface area (Å²) in [5.41, 5.74) is -2.37. The number of nitrogens with zero attached hydrogens (tertiary/aromatic N) is 3. The van der Waals surface area contributed by atoms with Crippen LogP contribution in [-0.4, -0.2) is 104 Å². The van der Waals surface area contributed by atoms with E-state index in [1.807, 2.05) is 97.8 Å². The van der Waals surface area contributed by atoms with Gasteiger partial charge in [0.05, 0.1) is 18.4 Å². The van der Waals surface area contributed by atoms with Gasteiger partial charge in [0.2, 0.25) is 27.7 Å². The lowest BCUT2D eigenvalue weighted by atomic mass is 9.88. The Hall–Kier alpha value is -4.60. The second-order valence-electron chi connectivity index (χ2n) is 17.9. The maximum Gasteiger partial charge on any atom is 0.408 e. The molecule has 1 aromatic heterocycles. The Labute approximate surface area is 387 Å². The zero-order valence-corrected chi connectivity index (χ0v) is 42.0. The number of hydrogen-bond acceptors (Lipinski definition) is 11. The van der Waals surface area contributed by atoms with E-state index in [0.717, 1.165) is 11.8 Å². The molecule has 0 bridgehead atoms. The van der Waals surface area contributed by atoms with Crippen molar-refractivity contribution < 1.29 is 46.1 Å². The van der Waals surface area contributed by atoms with Crippen LogP contribution in [0.1, 0.15) is 139 Å². The van der Waals surface area contributed by atoms with Gasteiger partial charge in [0.1, 0.15) is 40.9 Å². The molecule has 64 heavy (non-hydrogen) atoms. The minimum atomic E-state index is -4.02. The summed E-state index contributed by atoms with van der Waals surface area (Å²) in [6.45, 7) is 22.9. The molecule has 366 valence electrons. The van der Waals surface area contributed by atoms with Gasteiger partial charge in [0.15, 0.2) is 0 Å². The zero-order valence-electron chi connectivity index (χ0n) is 41.2. The lowest BCUT2D eigenvalue weighted by Crippen LogP contribution is -2.59. The van der Waals surface area contributed by atoms with Crippen molar-refractivity contribution in [2.45, 2.75) is 169 Å². The third kappa shape index (κ3) is 12.6. The molecule has 16 heteroatoms. The largest absolute Gasteiger partial charge is 0.497 e. The van der Waals surface area contributed by atoms with Gasteiger partial charge in [-0.1, -0.05) is 74.5 Å². The number of methoxy groups -OCH3 is 1. The summed E-state index contributed by atoms with van der Waals surface area (Å²) in [5.74, 6) is -1.01. The fourth-order valence-corrected chi connectivity index (χ4v) is 9.98. The standard InChI is InChI=1S/C42H60N6O9S.3C2H6.3H2/c1-10-41(17-18-41)58(53,54)46-38(51)42-23-28(42)14-12-11-13-25(2)19-26(3)34(44-39(52)57-40(4,5)6)37(50)48-24-30(22-32(48)35(49)45-42)56-36-31-16-15-29(55-9)20-27(31)21-33(43-36)47(7)8;3*1-2;;;/h12,14-16,20-21,25-26,28,30,32,34H,10-11,13,17-19,22-24H2,1-9H3,(H,44,52)(H,45,49)(H,46,51);3*1-2H3;3*1H/b14-12-;;;;;;/t25-,26+,28+,30+,32-,34-,42+;;;;;;/m0....../s1. The van der Waals surface area contributed by atoms with E-state index >= 15 is 0 Å². The van der Waals surface area contributed by atoms with Crippen LogP contribution < -0.4 is 29.7 Å². The number of aromatic nitrogens is 1. The van der Waals surface area contributed by atoms with Crippen LogP contribution in [0, 0.1) is 17.8 Å². The quantitative estimate of drug-likeness (QED) is 0.205. The Morgan fingerprint density at radius 2 is 1.69 bits per heavy atom. The summed E-state index contributed by atoms with van der Waals surface area (Å²) < 4.78 is 45.9. The van der Waals surface area contributed by atoms with Crippen molar-refractivity contribution in [3.05, 3.63) is 36.4 Å². The molecule has 2 aliphatic heterocycles. The molecule has 15 nitrogen and oxygen atoms in total. The molecule has 3 N–H and O–H groups in total. The molecule has 3 fully saturated rings. The molecule has 3 heterocycles. The first-order chi connectivity index (χ1) is 30.2. The number of alkyl carbamates (subject to hydrolysis) is 1. The number of ether oxygens (including phenoxy) is 3. The van der Waals surface area contributed by atoms with E-state index in [0.29, 0.717) is 54.9 Å². The molecule has 0 unspecified atom stereocenters. The molecular formula is C48H84N6O9S. The van der Waals surface area contributed by atoms with Gasteiger partial charge in [-0.15, -0.1) is 0 Å². The van der Waals surface area contributed by atoms with E-state index in [9.17, 15) is 27.6 Å². The normalized spacial score (nSPS) is 26.6. The van der Waals surface area contributed by atoms with E-state index in [-0.39, 0.29) is 35.5 Å². The number of allylic oxidation sites excluding steroid dienone is 1. The molecule has 4 amide bonds. The number of pyridine rings is 1. The van der Waals surface area contributed by atoms with Gasteiger partial charge in [0.25, 0.3) is 5.91 Å². The maximum absolute atomic E-state index is 14.9. The highest BCUT2D eigenvalue weighted by molar-refractivity contribution is 7.91. The van der Waals surface area contributed by atoms with Crippen LogP contribution in [0.15, 0.2) is 36.4 Å². The average molecular weight is 921 g/mol. The van der Waals surface area contributed by atoms with E-state index in [1.54, 1.807) is 40.9 Å². The summed E-state index contributed by atoms with van der Waals surface area (Å²) in [5, 5.41) is 7.27. The van der Waals surface area contributed by atoms with Crippen LogP contribution in [-0.2, 0) is 29.1 Å². The third-order valence-corrected chi connectivity index (χ3v) is 14.4. The number of nitrogens with one attached hydrogen (secondary N) is 3. The average Bonchev–Trinajstić information content (AvgIpc) is 4.16. The van der Waals surface area contributed by atoms with Crippen LogP contribution in [0.25, 0.3) is 10.8 Å². The highest BCUT2D eigenvalue weighted by Crippen LogP contribution is 2.49. The van der Waals surface area contributed by atoms with Crippen LogP contribution in [0.3, 0.4) is 0 Å². The molecule has 0 radical (unpaired) electrons. The number of fused-ring (bicyclic) bond motifs is 3. The van der Waals surface area contributed by atoms with Crippen LogP contribution >= 0.6 is 0 Å². The Morgan fingerprint density at radius 1 is 1.03 bits per heavy atom. The second-order valence-corrected chi connectivity index (χ2v) is 20.0. The number of anilines is 1. The molecule has 1 saturated heterocycles. The monoisotopic (exact) mass is 921 g/mol. The first-order valence-corrected chi connectivity index (χ1v) is 24.9. The first-order valence-electron chi connectivity index (χ1n) is 23.4. The predicted octanol–water partition coefficient (Wildman–Crippen LogP) is 8.64. The number of benzene rings is 1. The SMILES string of the molecule is CC.CC.CC.CCC1(S(=O)(=O)NC(=O)[C@@]23C[C@H]2/C=C\CC[C@H](C)C[C@@H](C)[C@H](NC(=O)OC(C)(C)C)C(=O)N2C[C@H](Oc4nc(N(C)C)cc5cc(OC)ccc45)C[C@H]2C(=O)N3)CC1.[HH].[HH].[HH]. The van der Waals surface area contributed by atoms with Crippen molar-refractivity contribution in [1.29, 1.82) is 0 Å². The van der Waals surface area contributed by atoms with Crippen molar-refractivity contribution >= 4 is 50.4 Å². The van der Waals surface area contributed by atoms with Crippen molar-refractivity contribution in [3.63, 3.8) is 0 Å². The molecule has 2 aromatic rings. The Bertz CT molecular complexity index is 2080. The van der Waals surface area contributed by atoms with Crippen molar-refractivity contribution in [2.75, 3.05) is 32.6 Å². The van der Waals surface area contributed by atoms with E-state index in [2.05, 4.69) is 22.3 Å². The molecule has 6 rings (SSSR count). The lowest BCUT2D eigenvalue weighted by molar-refractivity contribution is -0.142. The van der Waals surface area contributed by atoms with Gasteiger partial charge < -0.3 is 34.6 Å². The van der Waals surface area contributed by atoms with Crippen molar-refractivity contribution in [1.82, 2.24) is 25.2 Å². The van der Waals surface area contributed by atoms with Gasteiger partial charge in [-0.2, -0.15) is 4.98 Å². The number of hydrogen-bond donors (Lipinski definition) is 3. The minimum Gasteiger partial charge on any atom is -0.497 e. The molecule has 2 aliphatic carbocycles.